The molecule has 0 N–H and O–H groups in total. The van der Waals surface area contributed by atoms with Crippen LogP contribution in [0.15, 0.2) is 78.9 Å². The lowest BCUT2D eigenvalue weighted by Gasteiger charge is -2.07. The quantitative estimate of drug-likeness (QED) is 0.284. The lowest BCUT2D eigenvalue weighted by atomic mass is 10.0. The molecule has 0 spiro atoms. The van der Waals surface area contributed by atoms with E-state index in [9.17, 15) is 19.7 Å². The van der Waals surface area contributed by atoms with Gasteiger partial charge >= 0.3 is 5.97 Å². The molecule has 0 aliphatic carbocycles. The molecule has 6 heteroatoms. The molecule has 6 nitrogen and oxygen atoms in total. The summed E-state index contributed by atoms with van der Waals surface area (Å²) < 4.78 is 5.16. The number of esters is 1. The molecule has 0 radical (unpaired) electrons. The number of para-hydroxylation sites is 1. The number of hydrogen-bond donors (Lipinski definition) is 0. The molecule has 134 valence electrons. The highest BCUT2D eigenvalue weighted by atomic mass is 16.6. The molecular formula is C21H15NO5. The summed E-state index contributed by atoms with van der Waals surface area (Å²) in [7, 11) is 0. The van der Waals surface area contributed by atoms with Crippen LogP contribution < -0.4 is 0 Å². The van der Waals surface area contributed by atoms with Crippen LogP contribution in [0.2, 0.25) is 0 Å². The van der Waals surface area contributed by atoms with Crippen molar-refractivity contribution in [2.75, 3.05) is 0 Å². The topological polar surface area (TPSA) is 86.5 Å². The minimum absolute atomic E-state index is 0.0509. The Hall–Kier alpha value is -3.80. The Bertz CT molecular complexity index is 981. The van der Waals surface area contributed by atoms with Crippen LogP contribution in [0.5, 0.6) is 0 Å². The molecule has 0 aliphatic heterocycles. The molecule has 0 fully saturated rings. The maximum Gasteiger partial charge on any atom is 0.345 e. The monoisotopic (exact) mass is 361 g/mol. The predicted octanol–water partition coefficient (Wildman–Crippen LogP) is 4.18. The van der Waals surface area contributed by atoms with Crippen molar-refractivity contribution in [1.82, 2.24) is 0 Å². The molecule has 0 bridgehead atoms. The first-order chi connectivity index (χ1) is 13.1. The number of nitro benzene ring substituents is 1. The first-order valence-electron chi connectivity index (χ1n) is 8.15. The average Bonchev–Trinajstić information content (AvgIpc) is 2.72. The Labute approximate surface area is 155 Å². The van der Waals surface area contributed by atoms with Gasteiger partial charge in [0.25, 0.3) is 5.69 Å². The van der Waals surface area contributed by atoms with E-state index in [1.165, 1.54) is 24.3 Å². The average molecular weight is 361 g/mol. The molecule has 3 aromatic rings. The van der Waals surface area contributed by atoms with E-state index in [4.69, 9.17) is 4.74 Å². The number of nitro groups is 1. The van der Waals surface area contributed by atoms with Crippen LogP contribution in [-0.4, -0.2) is 16.7 Å². The third kappa shape index (κ3) is 4.24. The zero-order chi connectivity index (χ0) is 19.2. The highest BCUT2D eigenvalue weighted by molar-refractivity contribution is 6.08. The van der Waals surface area contributed by atoms with Gasteiger partial charge in [0.1, 0.15) is 12.2 Å². The summed E-state index contributed by atoms with van der Waals surface area (Å²) in [6.45, 7) is -0.0509. The molecule has 3 aromatic carbocycles. The zero-order valence-electron chi connectivity index (χ0n) is 14.2. The number of benzene rings is 3. The number of rotatable bonds is 6. The Morgan fingerprint density at radius 1 is 0.815 bits per heavy atom. The largest absolute Gasteiger partial charge is 0.457 e. The fraction of sp³-hybridized carbons (Fsp3) is 0.0476. The molecule has 0 saturated heterocycles. The fourth-order valence-corrected chi connectivity index (χ4v) is 2.54. The van der Waals surface area contributed by atoms with Crippen LogP contribution in [0, 0.1) is 10.1 Å². The first kappa shape index (κ1) is 18.0. The Balaban J connectivity index is 1.67. The molecule has 0 heterocycles. The lowest BCUT2D eigenvalue weighted by Crippen LogP contribution is -2.08. The summed E-state index contributed by atoms with van der Waals surface area (Å²) in [5.74, 6) is -0.870. The van der Waals surface area contributed by atoms with Crippen molar-refractivity contribution in [2.24, 2.45) is 0 Å². The van der Waals surface area contributed by atoms with Crippen molar-refractivity contribution in [3.63, 3.8) is 0 Å². The van der Waals surface area contributed by atoms with E-state index in [0.717, 1.165) is 0 Å². The lowest BCUT2D eigenvalue weighted by molar-refractivity contribution is -0.385. The number of nitrogens with zero attached hydrogens (tertiary/aromatic N) is 1. The van der Waals surface area contributed by atoms with Gasteiger partial charge in [0.15, 0.2) is 5.78 Å². The minimum atomic E-state index is -0.772. The molecule has 0 aliphatic rings. The van der Waals surface area contributed by atoms with Crippen LogP contribution in [0.3, 0.4) is 0 Å². The van der Waals surface area contributed by atoms with Crippen LogP contribution in [0.4, 0.5) is 5.69 Å². The SMILES string of the molecule is O=C(c1ccccc1)c1ccc(COC(=O)c2ccccc2[N+](=O)[O-])cc1. The number of ether oxygens (including phenoxy) is 1. The van der Waals surface area contributed by atoms with Gasteiger partial charge in [-0.05, 0) is 11.6 Å². The summed E-state index contributed by atoms with van der Waals surface area (Å²) in [4.78, 5) is 34.8. The maximum atomic E-state index is 12.4. The van der Waals surface area contributed by atoms with Crippen LogP contribution in [0.1, 0.15) is 31.8 Å². The van der Waals surface area contributed by atoms with Crippen LogP contribution in [-0.2, 0) is 11.3 Å². The Morgan fingerprint density at radius 3 is 2.07 bits per heavy atom. The van der Waals surface area contributed by atoms with Gasteiger partial charge < -0.3 is 4.74 Å². The van der Waals surface area contributed by atoms with E-state index in [1.54, 1.807) is 48.5 Å². The molecule has 3 rings (SSSR count). The second-order valence-electron chi connectivity index (χ2n) is 5.74. The van der Waals surface area contributed by atoms with Gasteiger partial charge in [0.05, 0.1) is 4.92 Å². The summed E-state index contributed by atoms with van der Waals surface area (Å²) in [5, 5.41) is 11.0. The summed E-state index contributed by atoms with van der Waals surface area (Å²) in [6.07, 6.45) is 0. The van der Waals surface area contributed by atoms with Gasteiger partial charge in [0.2, 0.25) is 0 Å². The van der Waals surface area contributed by atoms with E-state index >= 15 is 0 Å². The molecule has 27 heavy (non-hydrogen) atoms. The van der Waals surface area contributed by atoms with E-state index < -0.39 is 10.9 Å². The van der Waals surface area contributed by atoms with Gasteiger partial charge in [-0.1, -0.05) is 66.7 Å². The molecular weight excluding hydrogens is 346 g/mol. The van der Waals surface area contributed by atoms with Gasteiger partial charge in [-0.3, -0.25) is 14.9 Å². The summed E-state index contributed by atoms with van der Waals surface area (Å²) >= 11 is 0. The van der Waals surface area contributed by atoms with Gasteiger partial charge in [-0.15, -0.1) is 0 Å². The normalized spacial score (nSPS) is 10.2. The standard InChI is InChI=1S/C21H15NO5/c23-20(16-6-2-1-3-7-16)17-12-10-15(11-13-17)14-27-21(24)18-8-4-5-9-19(18)22(25)26/h1-13H,14H2. The van der Waals surface area contributed by atoms with Crippen molar-refractivity contribution in [1.29, 1.82) is 0 Å². The van der Waals surface area contributed by atoms with Crippen LogP contribution in [0.25, 0.3) is 0 Å². The third-order valence-corrected chi connectivity index (χ3v) is 3.94. The number of hydrogen-bond acceptors (Lipinski definition) is 5. The van der Waals surface area contributed by atoms with Crippen molar-refractivity contribution < 1.29 is 19.2 Å². The second-order valence-corrected chi connectivity index (χ2v) is 5.74. The van der Waals surface area contributed by atoms with Crippen molar-refractivity contribution in [3.8, 4) is 0 Å². The summed E-state index contributed by atoms with van der Waals surface area (Å²) in [5.41, 5.74) is 1.39. The molecule has 0 atom stereocenters. The summed E-state index contributed by atoms with van der Waals surface area (Å²) in [6, 6.07) is 21.2. The molecule has 0 saturated carbocycles. The number of carbonyl (C=O) groups excluding carboxylic acids is 2. The molecule has 0 amide bonds. The minimum Gasteiger partial charge on any atom is -0.457 e. The highest BCUT2D eigenvalue weighted by Gasteiger charge is 2.20. The predicted molar refractivity (Wildman–Crippen MR) is 98.5 cm³/mol. The molecule has 0 unspecified atom stereocenters. The van der Waals surface area contributed by atoms with E-state index in [0.29, 0.717) is 16.7 Å². The van der Waals surface area contributed by atoms with E-state index in [2.05, 4.69) is 0 Å². The van der Waals surface area contributed by atoms with Crippen molar-refractivity contribution in [3.05, 3.63) is 111 Å². The number of ketones is 1. The van der Waals surface area contributed by atoms with Crippen LogP contribution >= 0.6 is 0 Å². The zero-order valence-corrected chi connectivity index (χ0v) is 14.2. The number of carbonyl (C=O) groups is 2. The second kappa shape index (κ2) is 8.05. The van der Waals surface area contributed by atoms with E-state index in [-0.39, 0.29) is 23.6 Å². The van der Waals surface area contributed by atoms with Crippen molar-refractivity contribution >= 4 is 17.4 Å². The third-order valence-electron chi connectivity index (χ3n) is 3.94. The van der Waals surface area contributed by atoms with Crippen molar-refractivity contribution in [2.45, 2.75) is 6.61 Å². The smallest absolute Gasteiger partial charge is 0.345 e. The fourth-order valence-electron chi connectivity index (χ4n) is 2.54. The van der Waals surface area contributed by atoms with E-state index in [1.807, 2.05) is 6.07 Å². The van der Waals surface area contributed by atoms with Gasteiger partial charge in [0, 0.05) is 17.2 Å². The highest BCUT2D eigenvalue weighted by Crippen LogP contribution is 2.19. The first-order valence-corrected chi connectivity index (χ1v) is 8.15. The van der Waals surface area contributed by atoms with Gasteiger partial charge in [-0.25, -0.2) is 4.79 Å². The van der Waals surface area contributed by atoms with Gasteiger partial charge in [-0.2, -0.15) is 0 Å². The Morgan fingerprint density at radius 2 is 1.41 bits per heavy atom. The Kier molecular flexibility index (Phi) is 5.37. The maximum absolute atomic E-state index is 12.4. The molecule has 0 aromatic heterocycles.